The van der Waals surface area contributed by atoms with E-state index in [-0.39, 0.29) is 0 Å². The van der Waals surface area contributed by atoms with E-state index >= 15 is 0 Å². The Morgan fingerprint density at radius 3 is 1.80 bits per heavy atom. The summed E-state index contributed by atoms with van der Waals surface area (Å²) in [4.78, 5) is 7.88. The van der Waals surface area contributed by atoms with Crippen LogP contribution in [0.25, 0.3) is 0 Å². The SMILES string of the molecule is CO.O=[O+][O-]. The standard InChI is InChI=1S/CH4O.O3/c1-2;1-3-2/h2H,1H3;. The van der Waals surface area contributed by atoms with E-state index in [0.717, 1.165) is 7.11 Å². The normalized spacial score (nSPS) is 3.60. The van der Waals surface area contributed by atoms with Crippen LogP contribution in [-0.4, -0.2) is 12.2 Å². The van der Waals surface area contributed by atoms with Crippen LogP contribution in [0.1, 0.15) is 0 Å². The van der Waals surface area contributed by atoms with Gasteiger partial charge in [0, 0.05) is 7.11 Å². The van der Waals surface area contributed by atoms with Crippen LogP contribution in [0.4, 0.5) is 0 Å². The Kier molecular flexibility index (Phi) is 255. The van der Waals surface area contributed by atoms with Crippen LogP contribution in [0.2, 0.25) is 0 Å². The van der Waals surface area contributed by atoms with Crippen molar-refractivity contribution in [2.45, 2.75) is 0 Å². The van der Waals surface area contributed by atoms with Gasteiger partial charge in [0.25, 0.3) is 0 Å². The summed E-state index contributed by atoms with van der Waals surface area (Å²) >= 11 is 0. The number of hydrogen-bond donors (Lipinski definition) is 1. The summed E-state index contributed by atoms with van der Waals surface area (Å²) in [5.74, 6) is 0. The minimum Gasteiger partial charge on any atom is -0.400 e. The van der Waals surface area contributed by atoms with E-state index in [1.807, 2.05) is 0 Å². The quantitative estimate of drug-likeness (QED) is 0.218. The van der Waals surface area contributed by atoms with E-state index in [4.69, 9.17) is 15.3 Å². The Morgan fingerprint density at radius 1 is 1.80 bits per heavy atom. The average molecular weight is 80.0 g/mol. The van der Waals surface area contributed by atoms with Gasteiger partial charge >= 0.3 is 0 Å². The third-order valence-corrected chi connectivity index (χ3v) is 0. The summed E-state index contributed by atoms with van der Waals surface area (Å²) in [5.41, 5.74) is 0. The van der Waals surface area contributed by atoms with Crippen LogP contribution >= 0.6 is 0 Å². The highest BCUT2D eigenvalue weighted by Gasteiger charge is 1.27. The Hall–Kier alpha value is -0.640. The first-order valence-electron chi connectivity index (χ1n) is 0.781. The van der Waals surface area contributed by atoms with Crippen LogP contribution in [0.15, 0.2) is 0 Å². The molecule has 0 heterocycles. The Morgan fingerprint density at radius 2 is 1.80 bits per heavy atom. The van der Waals surface area contributed by atoms with E-state index in [0.29, 0.717) is 0 Å². The predicted molar refractivity (Wildman–Crippen MR) is 14.9 cm³/mol. The molecule has 0 rings (SSSR count). The molecule has 4 nitrogen and oxygen atoms in total. The molecule has 0 aliphatic heterocycles. The van der Waals surface area contributed by atoms with E-state index in [2.05, 4.69) is 0 Å². The summed E-state index contributed by atoms with van der Waals surface area (Å²) in [7, 11) is 1.00. The molecule has 0 aliphatic rings. The van der Waals surface area contributed by atoms with Gasteiger partial charge in [0.05, 0.1) is 0 Å². The monoisotopic (exact) mass is 80.0 g/mol. The zero-order valence-electron chi connectivity index (χ0n) is 2.67. The van der Waals surface area contributed by atoms with Crippen molar-refractivity contribution in [2.24, 2.45) is 0 Å². The van der Waals surface area contributed by atoms with Gasteiger partial charge in [-0.05, 0) is 0 Å². The molecule has 0 fully saturated rings. The van der Waals surface area contributed by atoms with E-state index in [1.165, 1.54) is 0 Å². The third-order valence-electron chi connectivity index (χ3n) is 0. The van der Waals surface area contributed by atoms with Crippen molar-refractivity contribution in [2.75, 3.05) is 7.11 Å². The molecule has 0 amide bonds. The van der Waals surface area contributed by atoms with Crippen molar-refractivity contribution in [3.8, 4) is 0 Å². The van der Waals surface area contributed by atoms with Crippen molar-refractivity contribution >= 4 is 0 Å². The van der Waals surface area contributed by atoms with Gasteiger partial charge in [0.15, 0.2) is 4.75 Å². The van der Waals surface area contributed by atoms with E-state index < -0.39 is 0 Å². The molecule has 0 atom stereocenters. The lowest BCUT2D eigenvalue weighted by atomic mass is 11.8. The molecule has 0 aromatic carbocycles. The van der Waals surface area contributed by atoms with Crippen LogP contribution in [-0.2, 0) is 0 Å². The maximum Gasteiger partial charge on any atom is 0.154 e. The molecule has 0 aromatic rings. The molecule has 0 aliphatic carbocycles. The van der Waals surface area contributed by atoms with Crippen LogP contribution in [0.3, 0.4) is 0 Å². The van der Waals surface area contributed by atoms with Crippen LogP contribution in [0.5, 0.6) is 0 Å². The van der Waals surface area contributed by atoms with Crippen LogP contribution < -0.4 is 5.26 Å². The van der Waals surface area contributed by atoms with Crippen molar-refractivity contribution < 1.29 is 10.4 Å². The lowest BCUT2D eigenvalue weighted by Crippen LogP contribution is -1.82. The Balaban J connectivity index is 0. The number of hydrogen-bond acceptors (Lipinski definition) is 3. The lowest BCUT2D eigenvalue weighted by Gasteiger charge is -1.21. The first-order chi connectivity index (χ1) is 2.41. The van der Waals surface area contributed by atoms with Gasteiger partial charge in [-0.2, -0.15) is 0 Å². The lowest BCUT2D eigenvalue weighted by molar-refractivity contribution is -0.284. The topological polar surface area (TPSA) is 71.7 Å². The minimum atomic E-state index is 1.00. The fourth-order valence-electron chi connectivity index (χ4n) is 0. The first kappa shape index (κ1) is 8.84. The number of rotatable bonds is 0. The van der Waals surface area contributed by atoms with Crippen molar-refractivity contribution in [1.82, 2.24) is 0 Å². The second-order valence-corrected chi connectivity index (χ2v) is 0.0680. The first-order valence-corrected chi connectivity index (χ1v) is 0.781. The molecule has 0 saturated heterocycles. The van der Waals surface area contributed by atoms with Gasteiger partial charge in [-0.3, -0.25) is 0 Å². The molecule has 0 bridgehead atoms. The molecule has 4 heteroatoms. The van der Waals surface area contributed by atoms with Crippen LogP contribution in [0, 0.1) is 9.71 Å². The van der Waals surface area contributed by atoms with Gasteiger partial charge in [-0.25, -0.2) is 0 Å². The zero-order valence-corrected chi connectivity index (χ0v) is 2.67. The van der Waals surface area contributed by atoms with Gasteiger partial charge in [0.1, 0.15) is 0 Å². The molecule has 0 unspecified atom stereocenters. The predicted octanol–water partition coefficient (Wildman–Crippen LogP) is -1.51. The molecule has 1 N–H and O–H groups in total. The fraction of sp³-hybridized carbons (Fsp3) is 1.00. The van der Waals surface area contributed by atoms with E-state index in [9.17, 15) is 0 Å². The summed E-state index contributed by atoms with van der Waals surface area (Å²) in [6, 6.07) is 0. The Bertz CT molecular complexity index is 11.1. The Labute approximate surface area is 28.5 Å². The molecule has 32 valence electrons. The van der Waals surface area contributed by atoms with Gasteiger partial charge in [-0.15, -0.1) is 0 Å². The molecular weight excluding hydrogens is 76.0 g/mol. The average Bonchev–Trinajstić information content (AvgIpc) is 1.46. The summed E-state index contributed by atoms with van der Waals surface area (Å²) in [6.45, 7) is 0. The summed E-state index contributed by atoms with van der Waals surface area (Å²) < 4.78 is 1.75. The highest BCUT2D eigenvalue weighted by molar-refractivity contribution is 4.20. The molecule has 0 spiro atoms. The maximum atomic E-state index is 7.88. The molecular formula is CH4O4. The molecule has 0 radical (unpaired) electrons. The smallest absolute Gasteiger partial charge is 0.154 e. The molecule has 5 heavy (non-hydrogen) atoms. The highest BCUT2D eigenvalue weighted by atomic mass is 17.2. The zero-order chi connectivity index (χ0) is 4.71. The summed E-state index contributed by atoms with van der Waals surface area (Å²) in [6.07, 6.45) is 0. The largest absolute Gasteiger partial charge is 0.400 e. The second-order valence-electron chi connectivity index (χ2n) is 0.0680. The highest BCUT2D eigenvalue weighted by Crippen LogP contribution is 1.00. The van der Waals surface area contributed by atoms with Crippen molar-refractivity contribution in [3.05, 3.63) is 9.71 Å². The minimum absolute atomic E-state index is 1.00. The molecule has 0 aromatic heterocycles. The van der Waals surface area contributed by atoms with Crippen molar-refractivity contribution in [1.29, 1.82) is 0 Å². The summed E-state index contributed by atoms with van der Waals surface area (Å²) in [5, 5.41) is 14.9. The number of aliphatic hydroxyl groups is 1. The fourth-order valence-corrected chi connectivity index (χ4v) is 0. The van der Waals surface area contributed by atoms with Crippen molar-refractivity contribution in [3.63, 3.8) is 0 Å². The number of aliphatic hydroxyl groups excluding tert-OH is 1. The molecule has 0 saturated carbocycles. The van der Waals surface area contributed by atoms with Gasteiger partial charge in [-0.1, -0.05) is 10.2 Å². The van der Waals surface area contributed by atoms with Gasteiger partial charge < -0.3 is 5.11 Å². The maximum absolute atomic E-state index is 7.88. The van der Waals surface area contributed by atoms with Gasteiger partial charge in [0.2, 0.25) is 0 Å². The second kappa shape index (κ2) is 144. The third kappa shape index (κ3) is 15.2. The van der Waals surface area contributed by atoms with E-state index in [1.54, 1.807) is 4.75 Å².